The van der Waals surface area contributed by atoms with Crippen molar-refractivity contribution in [3.63, 3.8) is 0 Å². The number of methoxy groups -OCH3 is 1. The lowest BCUT2D eigenvalue weighted by atomic mass is 10.1. The van der Waals surface area contributed by atoms with Crippen molar-refractivity contribution in [2.45, 2.75) is 6.42 Å². The summed E-state index contributed by atoms with van der Waals surface area (Å²) >= 11 is 3.35. The molecule has 1 heterocycles. The number of carbonyl (C=O) groups excluding carboxylic acids is 1. The van der Waals surface area contributed by atoms with Gasteiger partial charge in [0.25, 0.3) is 0 Å². The molecule has 0 spiro atoms. The number of ether oxygens (including phenoxy) is 1. The van der Waals surface area contributed by atoms with Crippen molar-refractivity contribution in [2.24, 2.45) is 0 Å². The van der Waals surface area contributed by atoms with E-state index in [2.05, 4.69) is 25.7 Å². The highest BCUT2D eigenvalue weighted by Crippen LogP contribution is 2.20. The van der Waals surface area contributed by atoms with Crippen molar-refractivity contribution in [3.8, 4) is 11.3 Å². The summed E-state index contributed by atoms with van der Waals surface area (Å²) < 4.78 is 10.9. The molecule has 3 rings (SSSR count). The number of rotatable bonds is 3. The summed E-state index contributed by atoms with van der Waals surface area (Å²) in [5, 5.41) is 0. The molecule has 5 nitrogen and oxygen atoms in total. The van der Waals surface area contributed by atoms with Crippen molar-refractivity contribution >= 4 is 33.0 Å². The lowest BCUT2D eigenvalue weighted by Gasteiger charge is -2.04. The van der Waals surface area contributed by atoms with E-state index < -0.39 is 5.63 Å². The highest BCUT2D eigenvalue weighted by molar-refractivity contribution is 9.10. The molecule has 23 heavy (non-hydrogen) atoms. The average molecular weight is 374 g/mol. The minimum atomic E-state index is -0.499. The highest BCUT2D eigenvalue weighted by atomic mass is 79.9. The van der Waals surface area contributed by atoms with Crippen LogP contribution in [0.4, 0.5) is 0 Å². The molecule has 0 fully saturated rings. The van der Waals surface area contributed by atoms with Crippen LogP contribution in [0.1, 0.15) is 5.56 Å². The highest BCUT2D eigenvalue weighted by Gasteiger charge is 2.11. The molecule has 2 aromatic carbocycles. The van der Waals surface area contributed by atoms with Crippen molar-refractivity contribution in [1.29, 1.82) is 0 Å². The van der Waals surface area contributed by atoms with Gasteiger partial charge < -0.3 is 9.15 Å². The Morgan fingerprint density at radius 1 is 1.22 bits per heavy atom. The van der Waals surface area contributed by atoms with E-state index in [9.17, 15) is 9.59 Å². The number of hydrogen-bond acceptors (Lipinski definition) is 5. The van der Waals surface area contributed by atoms with Crippen LogP contribution in [0.15, 0.2) is 56.1 Å². The molecule has 0 radical (unpaired) electrons. The molecule has 0 aliphatic rings. The second kappa shape index (κ2) is 6.34. The second-order valence-electron chi connectivity index (χ2n) is 4.91. The quantitative estimate of drug-likeness (QED) is 0.658. The summed E-state index contributed by atoms with van der Waals surface area (Å²) in [4.78, 5) is 27.9. The molecule has 116 valence electrons. The number of esters is 1. The standard InChI is InChI=1S/C17H12BrNO4/c1-22-15(20)9-10-2-7-14-13(8-10)19-16(17(21)23-14)11-3-5-12(18)6-4-11/h2-8H,9H2,1H3. The van der Waals surface area contributed by atoms with Crippen LogP contribution in [0, 0.1) is 0 Å². The van der Waals surface area contributed by atoms with Gasteiger partial charge in [0.1, 0.15) is 5.52 Å². The minimum Gasteiger partial charge on any atom is -0.469 e. The van der Waals surface area contributed by atoms with Crippen molar-refractivity contribution in [3.05, 3.63) is 62.9 Å². The molecule has 0 bridgehead atoms. The number of fused-ring (bicyclic) bond motifs is 1. The zero-order chi connectivity index (χ0) is 16.4. The normalized spacial score (nSPS) is 10.7. The number of carbonyl (C=O) groups is 1. The third kappa shape index (κ3) is 3.32. The van der Waals surface area contributed by atoms with Gasteiger partial charge in [-0.1, -0.05) is 34.1 Å². The summed E-state index contributed by atoms with van der Waals surface area (Å²) in [7, 11) is 1.34. The van der Waals surface area contributed by atoms with E-state index in [1.165, 1.54) is 7.11 Å². The summed E-state index contributed by atoms with van der Waals surface area (Å²) in [5.41, 5.74) is 2.05. The fourth-order valence-corrected chi connectivity index (χ4v) is 2.45. The van der Waals surface area contributed by atoms with Crippen LogP contribution in [0.5, 0.6) is 0 Å². The Balaban J connectivity index is 2.09. The van der Waals surface area contributed by atoms with Crippen molar-refractivity contribution < 1.29 is 13.9 Å². The average Bonchev–Trinajstić information content (AvgIpc) is 2.55. The van der Waals surface area contributed by atoms with Gasteiger partial charge in [-0.05, 0) is 29.8 Å². The molecule has 0 saturated heterocycles. The largest absolute Gasteiger partial charge is 0.469 e. The van der Waals surface area contributed by atoms with E-state index in [4.69, 9.17) is 4.42 Å². The molecule has 3 aromatic rings. The Kier molecular flexibility index (Phi) is 4.25. The first-order valence-corrected chi connectivity index (χ1v) is 7.62. The van der Waals surface area contributed by atoms with Crippen LogP contribution in [-0.4, -0.2) is 18.1 Å². The van der Waals surface area contributed by atoms with Crippen LogP contribution in [0.2, 0.25) is 0 Å². The van der Waals surface area contributed by atoms with Gasteiger partial charge in [0.15, 0.2) is 11.3 Å². The van der Waals surface area contributed by atoms with Gasteiger partial charge in [-0.2, -0.15) is 0 Å². The van der Waals surface area contributed by atoms with Gasteiger partial charge in [0.2, 0.25) is 0 Å². The first-order chi connectivity index (χ1) is 11.1. The molecule has 0 aliphatic carbocycles. The fourth-order valence-electron chi connectivity index (χ4n) is 2.19. The SMILES string of the molecule is COC(=O)Cc1ccc2oc(=O)c(-c3ccc(Br)cc3)nc2c1. The monoisotopic (exact) mass is 373 g/mol. The number of hydrogen-bond donors (Lipinski definition) is 0. The zero-order valence-electron chi connectivity index (χ0n) is 12.2. The van der Waals surface area contributed by atoms with Gasteiger partial charge in [0, 0.05) is 10.0 Å². The third-order valence-electron chi connectivity index (χ3n) is 3.35. The van der Waals surface area contributed by atoms with Crippen molar-refractivity contribution in [1.82, 2.24) is 4.98 Å². The lowest BCUT2D eigenvalue weighted by Crippen LogP contribution is -2.07. The van der Waals surface area contributed by atoms with Crippen LogP contribution in [-0.2, 0) is 16.0 Å². The molecule has 0 unspecified atom stereocenters. The number of halogens is 1. The summed E-state index contributed by atoms with van der Waals surface area (Å²) in [6.07, 6.45) is 0.140. The summed E-state index contributed by atoms with van der Waals surface area (Å²) in [5.74, 6) is -0.338. The number of aromatic nitrogens is 1. The maximum atomic E-state index is 12.1. The molecular weight excluding hydrogens is 362 g/mol. The molecule has 0 aliphatic heterocycles. The van der Waals surface area contributed by atoms with Gasteiger partial charge in [-0.25, -0.2) is 9.78 Å². The molecule has 0 saturated carbocycles. The van der Waals surface area contributed by atoms with E-state index in [0.717, 1.165) is 10.0 Å². The van der Waals surface area contributed by atoms with Crippen LogP contribution < -0.4 is 5.63 Å². The van der Waals surface area contributed by atoms with Gasteiger partial charge in [0.05, 0.1) is 13.5 Å². The smallest absolute Gasteiger partial charge is 0.363 e. The zero-order valence-corrected chi connectivity index (χ0v) is 13.8. The Morgan fingerprint density at radius 3 is 2.65 bits per heavy atom. The maximum Gasteiger partial charge on any atom is 0.363 e. The van der Waals surface area contributed by atoms with E-state index >= 15 is 0 Å². The first kappa shape index (κ1) is 15.4. The molecule has 6 heteroatoms. The lowest BCUT2D eigenvalue weighted by molar-refractivity contribution is -0.139. The Morgan fingerprint density at radius 2 is 1.96 bits per heavy atom. The topological polar surface area (TPSA) is 69.4 Å². The molecule has 0 atom stereocenters. The first-order valence-electron chi connectivity index (χ1n) is 6.83. The summed E-state index contributed by atoms with van der Waals surface area (Å²) in [6.45, 7) is 0. The predicted octanol–water partition coefficient (Wildman–Crippen LogP) is 3.33. The van der Waals surface area contributed by atoms with Gasteiger partial charge in [-0.3, -0.25) is 4.79 Å². The van der Waals surface area contributed by atoms with E-state index in [-0.39, 0.29) is 18.1 Å². The molecule has 1 aromatic heterocycles. The minimum absolute atomic E-state index is 0.140. The molecular formula is C17H12BrNO4. The Labute approximate surface area is 140 Å². The van der Waals surface area contributed by atoms with Gasteiger partial charge in [-0.15, -0.1) is 0 Å². The molecule has 0 amide bonds. The number of benzene rings is 2. The van der Waals surface area contributed by atoms with Crippen LogP contribution in [0.3, 0.4) is 0 Å². The Bertz CT molecular complexity index is 931. The third-order valence-corrected chi connectivity index (χ3v) is 3.87. The van der Waals surface area contributed by atoms with Crippen LogP contribution in [0.25, 0.3) is 22.4 Å². The Hall–Kier alpha value is -2.47. The predicted molar refractivity (Wildman–Crippen MR) is 89.1 cm³/mol. The van der Waals surface area contributed by atoms with E-state index in [1.807, 2.05) is 12.1 Å². The maximum absolute atomic E-state index is 12.1. The van der Waals surface area contributed by atoms with Gasteiger partial charge >= 0.3 is 11.6 Å². The van der Waals surface area contributed by atoms with E-state index in [0.29, 0.717) is 16.7 Å². The van der Waals surface area contributed by atoms with Crippen LogP contribution >= 0.6 is 15.9 Å². The molecule has 0 N–H and O–H groups in total. The van der Waals surface area contributed by atoms with Crippen molar-refractivity contribution in [2.75, 3.05) is 7.11 Å². The number of nitrogens with zero attached hydrogens (tertiary/aromatic N) is 1. The fraction of sp³-hybridized carbons (Fsp3) is 0.118. The summed E-state index contributed by atoms with van der Waals surface area (Å²) in [6, 6.07) is 12.3. The second-order valence-corrected chi connectivity index (χ2v) is 5.83. The van der Waals surface area contributed by atoms with E-state index in [1.54, 1.807) is 30.3 Å².